The van der Waals surface area contributed by atoms with E-state index in [9.17, 15) is 4.79 Å². The first kappa shape index (κ1) is 18.2. The smallest absolute Gasteiger partial charge is 0.275 e. The van der Waals surface area contributed by atoms with Crippen molar-refractivity contribution in [3.8, 4) is 0 Å². The molecule has 0 saturated carbocycles. The van der Waals surface area contributed by atoms with Gasteiger partial charge in [0.25, 0.3) is 5.91 Å². The van der Waals surface area contributed by atoms with E-state index in [1.807, 2.05) is 18.2 Å². The van der Waals surface area contributed by atoms with Gasteiger partial charge in [0.05, 0.1) is 12.4 Å². The molecule has 3 heterocycles. The highest BCUT2D eigenvalue weighted by Gasteiger charge is 2.19. The lowest BCUT2D eigenvalue weighted by molar-refractivity contribution is 0.102. The first-order valence-corrected chi connectivity index (χ1v) is 9.37. The second-order valence-corrected chi connectivity index (χ2v) is 6.82. The fraction of sp³-hybridized carbons (Fsp3) is 0.200. The number of nitrogens with one attached hydrogen (secondary N) is 1. The number of carbonyl (C=O) groups is 1. The Hall–Kier alpha value is -3.19. The predicted molar refractivity (Wildman–Crippen MR) is 110 cm³/mol. The molecule has 7 nitrogen and oxygen atoms in total. The molecule has 0 aliphatic carbocycles. The van der Waals surface area contributed by atoms with Crippen LogP contribution < -0.4 is 15.1 Å². The summed E-state index contributed by atoms with van der Waals surface area (Å²) < 4.78 is 0. The molecular formula is C20H19ClN6O. The number of nitrogens with zero attached hydrogens (tertiary/aromatic N) is 5. The van der Waals surface area contributed by atoms with E-state index in [2.05, 4.69) is 30.1 Å². The highest BCUT2D eigenvalue weighted by atomic mass is 35.5. The maximum absolute atomic E-state index is 12.3. The van der Waals surface area contributed by atoms with Crippen LogP contribution in [0.25, 0.3) is 0 Å². The van der Waals surface area contributed by atoms with E-state index in [-0.39, 0.29) is 11.6 Å². The van der Waals surface area contributed by atoms with Gasteiger partial charge in [0, 0.05) is 43.1 Å². The minimum atomic E-state index is -0.304. The number of piperazine rings is 1. The summed E-state index contributed by atoms with van der Waals surface area (Å²) in [4.78, 5) is 29.8. The summed E-state index contributed by atoms with van der Waals surface area (Å²) in [6, 6.07) is 12.8. The Kier molecular flexibility index (Phi) is 5.34. The van der Waals surface area contributed by atoms with Crippen molar-refractivity contribution >= 4 is 34.8 Å². The Morgan fingerprint density at radius 2 is 1.57 bits per heavy atom. The average molecular weight is 395 g/mol. The second-order valence-electron chi connectivity index (χ2n) is 6.38. The molecule has 1 N–H and O–H groups in total. The molecule has 0 unspecified atom stereocenters. The third kappa shape index (κ3) is 4.20. The van der Waals surface area contributed by atoms with Gasteiger partial charge in [0.1, 0.15) is 17.3 Å². The van der Waals surface area contributed by atoms with Crippen LogP contribution in [-0.2, 0) is 0 Å². The van der Waals surface area contributed by atoms with Crippen LogP contribution in [0.3, 0.4) is 0 Å². The third-order valence-electron chi connectivity index (χ3n) is 4.55. The molecule has 1 aliphatic heterocycles. The first-order chi connectivity index (χ1) is 13.7. The van der Waals surface area contributed by atoms with Crippen LogP contribution in [0, 0.1) is 0 Å². The molecule has 1 saturated heterocycles. The van der Waals surface area contributed by atoms with Crippen molar-refractivity contribution in [2.24, 2.45) is 0 Å². The number of anilines is 3. The van der Waals surface area contributed by atoms with Crippen molar-refractivity contribution in [2.75, 3.05) is 41.3 Å². The van der Waals surface area contributed by atoms with Gasteiger partial charge in [0.2, 0.25) is 0 Å². The van der Waals surface area contributed by atoms with Gasteiger partial charge in [-0.25, -0.2) is 15.0 Å². The van der Waals surface area contributed by atoms with Crippen LogP contribution in [0.15, 0.2) is 61.1 Å². The summed E-state index contributed by atoms with van der Waals surface area (Å²) >= 11 is 5.85. The Morgan fingerprint density at radius 3 is 2.18 bits per heavy atom. The van der Waals surface area contributed by atoms with Gasteiger partial charge in [-0.05, 0) is 36.4 Å². The van der Waals surface area contributed by atoms with Crippen molar-refractivity contribution in [2.45, 2.75) is 0 Å². The summed E-state index contributed by atoms with van der Waals surface area (Å²) in [6.07, 6.45) is 4.96. The molecule has 8 heteroatoms. The van der Waals surface area contributed by atoms with Crippen molar-refractivity contribution < 1.29 is 4.79 Å². The molecular weight excluding hydrogens is 376 g/mol. The summed E-state index contributed by atoms with van der Waals surface area (Å²) in [7, 11) is 0. The van der Waals surface area contributed by atoms with Crippen LogP contribution in [0.5, 0.6) is 0 Å². The molecule has 142 valence electrons. The van der Waals surface area contributed by atoms with Gasteiger partial charge in [0.15, 0.2) is 0 Å². The van der Waals surface area contributed by atoms with Crippen LogP contribution in [0.4, 0.5) is 17.3 Å². The van der Waals surface area contributed by atoms with Crippen molar-refractivity contribution in [1.29, 1.82) is 0 Å². The standard InChI is InChI=1S/C20H19ClN6O/c21-15-4-6-16(7-5-15)25-20(28)17-13-24-19(14-23-17)27-11-9-26(10-12-27)18-3-1-2-8-22-18/h1-8,13-14H,9-12H2,(H,25,28). The molecule has 1 aliphatic rings. The van der Waals surface area contributed by atoms with E-state index in [1.54, 1.807) is 36.7 Å². The minimum Gasteiger partial charge on any atom is -0.353 e. The van der Waals surface area contributed by atoms with Crippen LogP contribution in [0.1, 0.15) is 10.5 Å². The highest BCUT2D eigenvalue weighted by Crippen LogP contribution is 2.17. The Morgan fingerprint density at radius 1 is 0.857 bits per heavy atom. The fourth-order valence-electron chi connectivity index (χ4n) is 3.04. The molecule has 1 aromatic carbocycles. The number of hydrogen-bond acceptors (Lipinski definition) is 6. The monoisotopic (exact) mass is 394 g/mol. The zero-order chi connectivity index (χ0) is 19.3. The molecule has 0 bridgehead atoms. The van der Waals surface area contributed by atoms with E-state index >= 15 is 0 Å². The molecule has 1 fully saturated rings. The Labute approximate surface area is 168 Å². The molecule has 1 amide bonds. The summed E-state index contributed by atoms with van der Waals surface area (Å²) in [5, 5.41) is 3.40. The summed E-state index contributed by atoms with van der Waals surface area (Å²) in [5.74, 6) is 1.45. The number of pyridine rings is 1. The number of halogens is 1. The predicted octanol–water partition coefficient (Wildman–Crippen LogP) is 3.10. The van der Waals surface area contributed by atoms with Crippen LogP contribution in [0.2, 0.25) is 5.02 Å². The Balaban J connectivity index is 1.36. The number of benzene rings is 1. The lowest BCUT2D eigenvalue weighted by atomic mass is 10.3. The van der Waals surface area contributed by atoms with E-state index < -0.39 is 0 Å². The number of rotatable bonds is 4. The normalized spacial score (nSPS) is 14.0. The lowest BCUT2D eigenvalue weighted by Gasteiger charge is -2.35. The van der Waals surface area contributed by atoms with Crippen molar-refractivity contribution in [3.05, 3.63) is 71.8 Å². The van der Waals surface area contributed by atoms with Gasteiger partial charge in [-0.1, -0.05) is 17.7 Å². The number of hydrogen-bond donors (Lipinski definition) is 1. The van der Waals surface area contributed by atoms with Gasteiger partial charge >= 0.3 is 0 Å². The van der Waals surface area contributed by atoms with Gasteiger partial charge in [-0.15, -0.1) is 0 Å². The highest BCUT2D eigenvalue weighted by molar-refractivity contribution is 6.30. The van der Waals surface area contributed by atoms with Gasteiger partial charge < -0.3 is 15.1 Å². The minimum absolute atomic E-state index is 0.269. The van der Waals surface area contributed by atoms with Crippen LogP contribution in [-0.4, -0.2) is 47.0 Å². The SMILES string of the molecule is O=C(Nc1ccc(Cl)cc1)c1cnc(N2CCN(c3ccccn3)CC2)cn1. The van der Waals surface area contributed by atoms with Crippen molar-refractivity contribution in [1.82, 2.24) is 15.0 Å². The zero-order valence-corrected chi connectivity index (χ0v) is 15.9. The molecule has 4 rings (SSSR count). The maximum Gasteiger partial charge on any atom is 0.275 e. The third-order valence-corrected chi connectivity index (χ3v) is 4.80. The number of aromatic nitrogens is 3. The van der Waals surface area contributed by atoms with E-state index in [1.165, 1.54) is 6.20 Å². The second kappa shape index (κ2) is 8.22. The topological polar surface area (TPSA) is 74.2 Å². The fourth-order valence-corrected chi connectivity index (χ4v) is 3.16. The first-order valence-electron chi connectivity index (χ1n) is 8.99. The van der Waals surface area contributed by atoms with Crippen LogP contribution >= 0.6 is 11.6 Å². The van der Waals surface area contributed by atoms with E-state index in [4.69, 9.17) is 11.6 Å². The Bertz CT molecular complexity index is 925. The summed E-state index contributed by atoms with van der Waals surface area (Å²) in [6.45, 7) is 3.36. The number of amides is 1. The molecule has 0 radical (unpaired) electrons. The average Bonchev–Trinajstić information content (AvgIpc) is 2.76. The molecule has 0 atom stereocenters. The number of carbonyl (C=O) groups excluding carboxylic acids is 1. The van der Waals surface area contributed by atoms with E-state index in [0.29, 0.717) is 10.7 Å². The molecule has 2 aromatic heterocycles. The lowest BCUT2D eigenvalue weighted by Crippen LogP contribution is -2.47. The van der Waals surface area contributed by atoms with Gasteiger partial charge in [-0.2, -0.15) is 0 Å². The van der Waals surface area contributed by atoms with Gasteiger partial charge in [-0.3, -0.25) is 4.79 Å². The zero-order valence-electron chi connectivity index (χ0n) is 15.1. The largest absolute Gasteiger partial charge is 0.353 e. The molecule has 3 aromatic rings. The summed E-state index contributed by atoms with van der Waals surface area (Å²) in [5.41, 5.74) is 0.928. The molecule has 28 heavy (non-hydrogen) atoms. The maximum atomic E-state index is 12.3. The van der Waals surface area contributed by atoms with Crippen molar-refractivity contribution in [3.63, 3.8) is 0 Å². The van der Waals surface area contributed by atoms with E-state index in [0.717, 1.165) is 37.8 Å². The quantitative estimate of drug-likeness (QED) is 0.733. The molecule has 0 spiro atoms.